The second-order valence-electron chi connectivity index (χ2n) is 2.87. The van der Waals surface area contributed by atoms with Crippen molar-refractivity contribution in [2.75, 3.05) is 32.8 Å². The molecular weight excluding hydrogens is 170 g/mol. The fourth-order valence-corrected chi connectivity index (χ4v) is 1.07. The van der Waals surface area contributed by atoms with Gasteiger partial charge < -0.3 is 4.74 Å². The molecule has 1 saturated heterocycles. The average Bonchev–Trinajstić information content (AvgIpc) is 2.06. The fourth-order valence-electron chi connectivity index (χ4n) is 1.07. The van der Waals surface area contributed by atoms with E-state index in [1.54, 1.807) is 0 Å². The zero-order chi connectivity index (χ0) is 8.97. The molecule has 1 rings (SSSR count). The zero-order valence-electron chi connectivity index (χ0n) is 7.21. The molecule has 4 heteroatoms. The summed E-state index contributed by atoms with van der Waals surface area (Å²) in [7, 11) is 0. The molecule has 0 aliphatic carbocycles. The topological polar surface area (TPSA) is 46.6 Å². The first-order chi connectivity index (χ1) is 5.70. The van der Waals surface area contributed by atoms with Crippen LogP contribution < -0.4 is 0 Å². The minimum Gasteiger partial charge on any atom is -0.379 e. The molecule has 0 unspecified atom stereocenters. The molecular formula is C9H17NO3. The van der Waals surface area contributed by atoms with Crippen molar-refractivity contribution in [1.29, 1.82) is 0 Å². The van der Waals surface area contributed by atoms with Gasteiger partial charge in [-0.25, -0.2) is 0 Å². The van der Waals surface area contributed by atoms with Gasteiger partial charge in [0.05, 0.1) is 19.8 Å². The van der Waals surface area contributed by atoms with Crippen LogP contribution in [0.5, 0.6) is 0 Å². The predicted molar refractivity (Wildman–Crippen MR) is 49.7 cm³/mol. The lowest BCUT2D eigenvalue weighted by Crippen LogP contribution is -2.40. The normalized spacial score (nSPS) is 17.6. The van der Waals surface area contributed by atoms with Crippen LogP contribution in [0, 0.1) is 0 Å². The van der Waals surface area contributed by atoms with Crippen LogP contribution >= 0.6 is 0 Å². The third kappa shape index (κ3) is 4.15. The van der Waals surface area contributed by atoms with Gasteiger partial charge in [-0.15, -0.1) is 0 Å². The highest BCUT2D eigenvalue weighted by Gasteiger charge is 2.16. The van der Waals surface area contributed by atoms with Crippen molar-refractivity contribution < 1.29 is 14.3 Å². The van der Waals surface area contributed by atoms with Gasteiger partial charge in [-0.05, 0) is 0 Å². The molecule has 1 aliphatic heterocycles. The number of carbonyl (C=O) groups is 2. The molecule has 0 N–H and O–H groups in total. The fraction of sp³-hybridized carbons (Fsp3) is 0.778. The predicted octanol–water partition coefficient (Wildman–Crippen LogP) is 0.113. The second kappa shape index (κ2) is 5.83. The summed E-state index contributed by atoms with van der Waals surface area (Å²) >= 11 is 0. The summed E-state index contributed by atoms with van der Waals surface area (Å²) in [5.41, 5.74) is 0. The first-order valence-electron chi connectivity index (χ1n) is 4.04. The minimum atomic E-state index is -0.360. The molecule has 0 radical (unpaired) electrons. The maximum atomic E-state index is 11.0. The zero-order valence-corrected chi connectivity index (χ0v) is 7.21. The maximum Gasteiger partial charge on any atom is 0.211 e. The Balaban J connectivity index is 0.00000144. The van der Waals surface area contributed by atoms with Crippen molar-refractivity contribution in [2.24, 2.45) is 0 Å². The van der Waals surface area contributed by atoms with E-state index in [4.69, 9.17) is 4.74 Å². The van der Waals surface area contributed by atoms with E-state index in [2.05, 4.69) is 0 Å². The van der Waals surface area contributed by atoms with E-state index >= 15 is 0 Å². The maximum absolute atomic E-state index is 11.0. The number of nitrogens with zero attached hydrogens (tertiary/aromatic N) is 1. The van der Waals surface area contributed by atoms with E-state index in [0.29, 0.717) is 13.2 Å². The van der Waals surface area contributed by atoms with Crippen LogP contribution in [0.15, 0.2) is 0 Å². The largest absolute Gasteiger partial charge is 0.379 e. The van der Waals surface area contributed by atoms with Crippen LogP contribution in [-0.2, 0) is 14.3 Å². The first-order valence-corrected chi connectivity index (χ1v) is 4.04. The number of ether oxygens (including phenoxy) is 1. The van der Waals surface area contributed by atoms with Crippen LogP contribution in [0.3, 0.4) is 0 Å². The number of hydrogen-bond donors (Lipinski definition) is 0. The highest BCUT2D eigenvalue weighted by molar-refractivity contribution is 6.37. The van der Waals surface area contributed by atoms with Gasteiger partial charge in [0.25, 0.3) is 0 Å². The minimum absolute atomic E-state index is 0. The summed E-state index contributed by atoms with van der Waals surface area (Å²) in [5.74, 6) is -0.668. The lowest BCUT2D eigenvalue weighted by molar-refractivity contribution is -0.136. The number of ketones is 2. The summed E-state index contributed by atoms with van der Waals surface area (Å²) < 4.78 is 5.10. The first kappa shape index (κ1) is 12.3. The number of carbonyl (C=O) groups excluding carboxylic acids is 2. The Bertz CT molecular complexity index is 185. The van der Waals surface area contributed by atoms with Crippen LogP contribution in [0.1, 0.15) is 14.4 Å². The Labute approximate surface area is 78.9 Å². The van der Waals surface area contributed by atoms with E-state index in [0.717, 1.165) is 13.1 Å². The number of Topliss-reactive ketones (excluding diaryl/α,β-unsaturated/α-hetero) is 2. The molecule has 0 saturated carbocycles. The van der Waals surface area contributed by atoms with E-state index < -0.39 is 0 Å². The molecule has 0 aromatic heterocycles. The van der Waals surface area contributed by atoms with Gasteiger partial charge in [-0.3, -0.25) is 14.5 Å². The van der Waals surface area contributed by atoms with E-state index in [-0.39, 0.29) is 25.5 Å². The van der Waals surface area contributed by atoms with Gasteiger partial charge in [0, 0.05) is 20.0 Å². The summed E-state index contributed by atoms with van der Waals surface area (Å²) in [5, 5.41) is 0. The molecule has 0 spiro atoms. The van der Waals surface area contributed by atoms with Crippen LogP contribution in [0.25, 0.3) is 0 Å². The number of hydrogen-bond acceptors (Lipinski definition) is 4. The highest BCUT2D eigenvalue weighted by Crippen LogP contribution is 1.96. The van der Waals surface area contributed by atoms with Crippen LogP contribution in [0.2, 0.25) is 0 Å². The number of rotatable bonds is 3. The molecule has 0 amide bonds. The monoisotopic (exact) mass is 187 g/mol. The summed E-state index contributed by atoms with van der Waals surface area (Å²) in [6, 6.07) is 0. The lowest BCUT2D eigenvalue weighted by Gasteiger charge is -2.25. The Morgan fingerprint density at radius 2 is 1.85 bits per heavy atom. The standard InChI is InChI=1S/C8H13NO3.CH4/c1-7(10)8(11)6-9-2-4-12-5-3-9;/h2-6H2,1H3;1H4. The van der Waals surface area contributed by atoms with Crippen molar-refractivity contribution in [2.45, 2.75) is 14.4 Å². The summed E-state index contributed by atoms with van der Waals surface area (Å²) in [6.07, 6.45) is 0. The van der Waals surface area contributed by atoms with Gasteiger partial charge in [0.2, 0.25) is 5.78 Å². The Morgan fingerprint density at radius 1 is 1.31 bits per heavy atom. The van der Waals surface area contributed by atoms with Crippen molar-refractivity contribution in [1.82, 2.24) is 4.90 Å². The van der Waals surface area contributed by atoms with E-state index in [1.807, 2.05) is 4.90 Å². The Morgan fingerprint density at radius 3 is 2.31 bits per heavy atom. The average molecular weight is 187 g/mol. The SMILES string of the molecule is C.CC(=O)C(=O)CN1CCOCC1. The molecule has 1 fully saturated rings. The second-order valence-corrected chi connectivity index (χ2v) is 2.87. The van der Waals surface area contributed by atoms with Gasteiger partial charge in [-0.2, -0.15) is 0 Å². The van der Waals surface area contributed by atoms with Crippen molar-refractivity contribution >= 4 is 11.6 Å². The van der Waals surface area contributed by atoms with Gasteiger partial charge >= 0.3 is 0 Å². The molecule has 76 valence electrons. The Hall–Kier alpha value is -0.740. The van der Waals surface area contributed by atoms with Gasteiger partial charge in [0.15, 0.2) is 5.78 Å². The van der Waals surface area contributed by atoms with E-state index in [9.17, 15) is 9.59 Å². The molecule has 0 aromatic rings. The highest BCUT2D eigenvalue weighted by atomic mass is 16.5. The van der Waals surface area contributed by atoms with Gasteiger partial charge in [-0.1, -0.05) is 7.43 Å². The van der Waals surface area contributed by atoms with Crippen molar-refractivity contribution in [3.8, 4) is 0 Å². The smallest absolute Gasteiger partial charge is 0.211 e. The molecule has 4 nitrogen and oxygen atoms in total. The molecule has 1 aliphatic rings. The Kier molecular flexibility index (Phi) is 5.50. The molecule has 0 aromatic carbocycles. The summed E-state index contributed by atoms with van der Waals surface area (Å²) in [4.78, 5) is 23.5. The molecule has 1 heterocycles. The summed E-state index contributed by atoms with van der Waals surface area (Å²) in [6.45, 7) is 4.37. The molecule has 0 bridgehead atoms. The van der Waals surface area contributed by atoms with E-state index in [1.165, 1.54) is 6.92 Å². The van der Waals surface area contributed by atoms with Crippen LogP contribution in [-0.4, -0.2) is 49.3 Å². The third-order valence-electron chi connectivity index (χ3n) is 1.86. The lowest BCUT2D eigenvalue weighted by atomic mass is 10.2. The van der Waals surface area contributed by atoms with Crippen LogP contribution in [0.4, 0.5) is 0 Å². The van der Waals surface area contributed by atoms with Crippen molar-refractivity contribution in [3.63, 3.8) is 0 Å². The quantitative estimate of drug-likeness (QED) is 0.588. The number of morpholine rings is 1. The third-order valence-corrected chi connectivity index (χ3v) is 1.86. The molecule has 13 heavy (non-hydrogen) atoms. The van der Waals surface area contributed by atoms with Crippen molar-refractivity contribution in [3.05, 3.63) is 0 Å². The van der Waals surface area contributed by atoms with Gasteiger partial charge in [0.1, 0.15) is 0 Å². The molecule has 0 atom stereocenters.